The molecule has 0 saturated heterocycles. The maximum Gasteiger partial charge on any atom is 0.127 e. The molecular weight excluding hydrogens is 174 g/mol. The van der Waals surface area contributed by atoms with Gasteiger partial charge in [0.05, 0.1) is 5.69 Å². The average molecular weight is 195 g/mol. The lowest BCUT2D eigenvalue weighted by molar-refractivity contribution is 0.573. The molecule has 1 heterocycles. The highest BCUT2D eigenvalue weighted by Gasteiger charge is 2.23. The van der Waals surface area contributed by atoms with Gasteiger partial charge in [-0.3, -0.25) is 0 Å². The van der Waals surface area contributed by atoms with Gasteiger partial charge in [-0.05, 0) is 6.92 Å². The molecule has 0 aliphatic rings. The first kappa shape index (κ1) is 11.1. The third-order valence-corrected chi connectivity index (χ3v) is 2.43. The van der Waals surface area contributed by atoms with E-state index in [0.29, 0.717) is 0 Å². The molecule has 1 aromatic rings. The van der Waals surface area contributed by atoms with Crippen molar-refractivity contribution in [3.63, 3.8) is 0 Å². The molecule has 3 heteroatoms. The molecule has 3 nitrogen and oxygen atoms in total. The number of hydrogen-bond donors (Lipinski definition) is 1. The monoisotopic (exact) mass is 195 g/mol. The summed E-state index contributed by atoms with van der Waals surface area (Å²) in [5.41, 5.74) is 7.14. The lowest BCUT2D eigenvalue weighted by Crippen LogP contribution is -2.15. The van der Waals surface area contributed by atoms with Gasteiger partial charge < -0.3 is 10.3 Å². The first-order chi connectivity index (χ1) is 6.41. The largest absolute Gasteiger partial charge is 0.384 e. The molecule has 1 rings (SSSR count). The van der Waals surface area contributed by atoms with E-state index in [1.807, 2.05) is 0 Å². The highest BCUT2D eigenvalue weighted by molar-refractivity contribution is 5.42. The van der Waals surface area contributed by atoms with Crippen LogP contribution in [-0.4, -0.2) is 9.55 Å². The van der Waals surface area contributed by atoms with Crippen LogP contribution in [0.3, 0.4) is 0 Å². The smallest absolute Gasteiger partial charge is 0.127 e. The van der Waals surface area contributed by atoms with Crippen LogP contribution in [0.2, 0.25) is 0 Å². The number of nitrogens with zero attached hydrogens (tertiary/aromatic N) is 2. The molecule has 0 bridgehead atoms. The second-order valence-electron chi connectivity index (χ2n) is 4.61. The zero-order valence-corrected chi connectivity index (χ0v) is 9.89. The minimum Gasteiger partial charge on any atom is -0.384 e. The Hall–Kier alpha value is -0.990. The van der Waals surface area contributed by atoms with E-state index in [2.05, 4.69) is 44.2 Å². The average Bonchev–Trinajstić information content (AvgIpc) is 2.40. The topological polar surface area (TPSA) is 43.8 Å². The number of nitrogens with two attached hydrogens (primary N) is 1. The molecule has 0 aromatic carbocycles. The van der Waals surface area contributed by atoms with Crippen LogP contribution < -0.4 is 5.73 Å². The zero-order valence-electron chi connectivity index (χ0n) is 9.89. The molecule has 0 fully saturated rings. The van der Waals surface area contributed by atoms with Crippen LogP contribution in [0.15, 0.2) is 0 Å². The number of imidazole rings is 1. The third-order valence-electron chi connectivity index (χ3n) is 2.43. The number of anilines is 1. The van der Waals surface area contributed by atoms with Crippen LogP contribution in [0.5, 0.6) is 0 Å². The van der Waals surface area contributed by atoms with Crippen molar-refractivity contribution in [2.75, 3.05) is 5.73 Å². The molecule has 80 valence electrons. The summed E-state index contributed by atoms with van der Waals surface area (Å²) in [6.45, 7) is 11.5. The summed E-state index contributed by atoms with van der Waals surface area (Å²) in [5, 5.41) is 0. The molecule has 0 saturated carbocycles. The minimum atomic E-state index is 0.0361. The Labute approximate surface area is 86.3 Å². The first-order valence-electron chi connectivity index (χ1n) is 5.27. The van der Waals surface area contributed by atoms with Crippen molar-refractivity contribution in [3.8, 4) is 0 Å². The molecule has 14 heavy (non-hydrogen) atoms. The fraction of sp³-hybridized carbons (Fsp3) is 0.727. The Balaban J connectivity index is 3.28. The van der Waals surface area contributed by atoms with E-state index < -0.39 is 0 Å². The Morgan fingerprint density at radius 2 is 1.86 bits per heavy atom. The van der Waals surface area contributed by atoms with E-state index in [4.69, 9.17) is 5.73 Å². The summed E-state index contributed by atoms with van der Waals surface area (Å²) < 4.78 is 2.10. The van der Waals surface area contributed by atoms with E-state index in [0.717, 1.165) is 30.3 Å². The van der Waals surface area contributed by atoms with E-state index in [9.17, 15) is 0 Å². The predicted octanol–water partition coefficient (Wildman–Crippen LogP) is 2.35. The van der Waals surface area contributed by atoms with Crippen molar-refractivity contribution < 1.29 is 0 Å². The van der Waals surface area contributed by atoms with Crippen LogP contribution in [-0.2, 0) is 18.4 Å². The van der Waals surface area contributed by atoms with Crippen molar-refractivity contribution in [1.29, 1.82) is 0 Å². The van der Waals surface area contributed by atoms with Crippen molar-refractivity contribution in [3.05, 3.63) is 11.5 Å². The molecule has 2 N–H and O–H groups in total. The molecule has 0 radical (unpaired) electrons. The summed E-state index contributed by atoms with van der Waals surface area (Å²) in [4.78, 5) is 4.61. The maximum absolute atomic E-state index is 6.08. The predicted molar refractivity (Wildman–Crippen MR) is 60.4 cm³/mol. The van der Waals surface area contributed by atoms with Crippen LogP contribution in [0.4, 0.5) is 5.82 Å². The van der Waals surface area contributed by atoms with Gasteiger partial charge in [-0.15, -0.1) is 0 Å². The van der Waals surface area contributed by atoms with Crippen LogP contribution in [0, 0.1) is 0 Å². The van der Waals surface area contributed by atoms with Gasteiger partial charge in [-0.1, -0.05) is 27.7 Å². The molecule has 0 aliphatic heterocycles. The zero-order chi connectivity index (χ0) is 10.9. The van der Waals surface area contributed by atoms with Gasteiger partial charge in [0.1, 0.15) is 11.6 Å². The molecular formula is C11H21N3. The molecule has 0 aliphatic carbocycles. The number of aryl methyl sites for hydroxylation is 1. The SMILES string of the molecule is CCc1nc(C(C)(C)C)c(N)n1CC. The van der Waals surface area contributed by atoms with Crippen LogP contribution >= 0.6 is 0 Å². The molecule has 0 spiro atoms. The number of aromatic nitrogens is 2. The van der Waals surface area contributed by atoms with Gasteiger partial charge in [0, 0.05) is 18.4 Å². The first-order valence-corrected chi connectivity index (χ1v) is 5.27. The Morgan fingerprint density at radius 3 is 2.14 bits per heavy atom. The number of nitrogen functional groups attached to an aromatic ring is 1. The molecule has 0 amide bonds. The van der Waals surface area contributed by atoms with Gasteiger partial charge in [-0.2, -0.15) is 0 Å². The molecule has 0 unspecified atom stereocenters. The quantitative estimate of drug-likeness (QED) is 0.787. The second kappa shape index (κ2) is 3.64. The lowest BCUT2D eigenvalue weighted by Gasteiger charge is -2.16. The molecule has 1 aromatic heterocycles. The highest BCUT2D eigenvalue weighted by atomic mass is 15.1. The summed E-state index contributed by atoms with van der Waals surface area (Å²) in [6.07, 6.45) is 0.939. The Kier molecular flexibility index (Phi) is 2.88. The summed E-state index contributed by atoms with van der Waals surface area (Å²) in [6, 6.07) is 0. The van der Waals surface area contributed by atoms with Crippen molar-refractivity contribution in [2.45, 2.75) is 53.0 Å². The second-order valence-corrected chi connectivity index (χ2v) is 4.61. The van der Waals surface area contributed by atoms with E-state index in [1.54, 1.807) is 0 Å². The van der Waals surface area contributed by atoms with Crippen LogP contribution in [0.25, 0.3) is 0 Å². The van der Waals surface area contributed by atoms with Gasteiger partial charge in [0.2, 0.25) is 0 Å². The maximum atomic E-state index is 6.08. The van der Waals surface area contributed by atoms with E-state index >= 15 is 0 Å². The number of rotatable bonds is 2. The van der Waals surface area contributed by atoms with Crippen molar-refractivity contribution >= 4 is 5.82 Å². The standard InChI is InChI=1S/C11H21N3/c1-6-8-13-9(11(3,4)5)10(12)14(8)7-2/h6-7,12H2,1-5H3. The van der Waals surface area contributed by atoms with Gasteiger partial charge in [0.15, 0.2) is 0 Å². The highest BCUT2D eigenvalue weighted by Crippen LogP contribution is 2.27. The van der Waals surface area contributed by atoms with Gasteiger partial charge in [-0.25, -0.2) is 4.98 Å². The van der Waals surface area contributed by atoms with E-state index in [1.165, 1.54) is 0 Å². The van der Waals surface area contributed by atoms with Crippen LogP contribution in [0.1, 0.15) is 46.1 Å². The van der Waals surface area contributed by atoms with Crippen molar-refractivity contribution in [1.82, 2.24) is 9.55 Å². The van der Waals surface area contributed by atoms with Gasteiger partial charge >= 0.3 is 0 Å². The third kappa shape index (κ3) is 1.76. The molecule has 0 atom stereocenters. The van der Waals surface area contributed by atoms with Crippen molar-refractivity contribution in [2.24, 2.45) is 0 Å². The number of hydrogen-bond acceptors (Lipinski definition) is 2. The Bertz CT molecular complexity index is 318. The summed E-state index contributed by atoms with van der Waals surface area (Å²) in [5.74, 6) is 1.92. The lowest BCUT2D eigenvalue weighted by atomic mass is 9.92. The summed E-state index contributed by atoms with van der Waals surface area (Å²) >= 11 is 0. The van der Waals surface area contributed by atoms with E-state index in [-0.39, 0.29) is 5.41 Å². The summed E-state index contributed by atoms with van der Waals surface area (Å²) in [7, 11) is 0. The van der Waals surface area contributed by atoms with Gasteiger partial charge in [0.25, 0.3) is 0 Å². The Morgan fingerprint density at radius 1 is 1.29 bits per heavy atom. The fourth-order valence-electron chi connectivity index (χ4n) is 1.69. The minimum absolute atomic E-state index is 0.0361. The normalized spacial score (nSPS) is 12.1. The fourth-order valence-corrected chi connectivity index (χ4v) is 1.69.